The van der Waals surface area contributed by atoms with Crippen LogP contribution in [0.3, 0.4) is 0 Å². The van der Waals surface area contributed by atoms with Crippen LogP contribution in [-0.2, 0) is 15.7 Å². The molecule has 0 saturated carbocycles. The fourth-order valence-corrected chi connectivity index (χ4v) is 6.46. The Hall–Kier alpha value is -3.35. The maximum Gasteiger partial charge on any atom is 0.418 e. The zero-order valence-electron chi connectivity index (χ0n) is 22.5. The van der Waals surface area contributed by atoms with Crippen molar-refractivity contribution in [1.29, 1.82) is 0 Å². The van der Waals surface area contributed by atoms with Crippen LogP contribution in [0.4, 0.5) is 22.0 Å². The molecular weight excluding hydrogens is 679 g/mol. The van der Waals surface area contributed by atoms with Crippen molar-refractivity contribution in [1.82, 2.24) is 19.7 Å². The molecule has 17 heteroatoms. The third-order valence-corrected chi connectivity index (χ3v) is 8.68. The second-order valence-corrected chi connectivity index (χ2v) is 12.0. The number of nitrogens with zero attached hydrogens (tertiary/aromatic N) is 4. The van der Waals surface area contributed by atoms with Crippen LogP contribution in [0.1, 0.15) is 28.9 Å². The Kier molecular flexibility index (Phi) is 8.04. The molecule has 2 fully saturated rings. The predicted octanol–water partition coefficient (Wildman–Crippen LogP) is 2.33. The van der Waals surface area contributed by atoms with Crippen molar-refractivity contribution in [3.05, 3.63) is 74.9 Å². The number of halogens is 6. The lowest BCUT2D eigenvalue weighted by Crippen LogP contribution is -2.86. The lowest BCUT2D eigenvalue weighted by molar-refractivity contribution is -0.539. The van der Waals surface area contributed by atoms with Crippen molar-refractivity contribution in [3.63, 3.8) is 0 Å². The highest BCUT2D eigenvalue weighted by Crippen LogP contribution is 2.39. The van der Waals surface area contributed by atoms with E-state index >= 15 is 4.39 Å². The summed E-state index contributed by atoms with van der Waals surface area (Å²) in [5.41, 5.74) is 5.49. The largest absolute Gasteiger partial charge is 0.418 e. The van der Waals surface area contributed by atoms with Gasteiger partial charge in [0.2, 0.25) is 6.04 Å². The Balaban J connectivity index is 1.41. The number of rotatable bonds is 5. The number of fused-ring (bicyclic) bond motifs is 2. The summed E-state index contributed by atoms with van der Waals surface area (Å²) in [6.45, 7) is 1.30. The first-order chi connectivity index (χ1) is 20.9. The van der Waals surface area contributed by atoms with Crippen LogP contribution in [0.15, 0.2) is 40.4 Å². The van der Waals surface area contributed by atoms with Gasteiger partial charge in [0.1, 0.15) is 23.5 Å². The maximum absolute atomic E-state index is 15.0. The fraction of sp³-hybridized carbons (Fsp3) is 0.333. The molecule has 2 aliphatic heterocycles. The normalized spacial score (nSPS) is 26.2. The molecule has 232 valence electrons. The summed E-state index contributed by atoms with van der Waals surface area (Å²) in [6, 6.07) is 3.63. The summed E-state index contributed by atoms with van der Waals surface area (Å²) in [5, 5.41) is 26.4. The number of aliphatic hydroxyl groups excluding tert-OH is 2. The van der Waals surface area contributed by atoms with Crippen LogP contribution in [-0.4, -0.2) is 73.2 Å². The number of hydrogen-bond acceptors (Lipinski definition) is 9. The first-order valence-corrected chi connectivity index (χ1v) is 14.7. The molecule has 0 spiro atoms. The molecule has 2 saturated heterocycles. The van der Waals surface area contributed by atoms with E-state index in [0.29, 0.717) is 9.17 Å². The van der Waals surface area contributed by atoms with Crippen molar-refractivity contribution >= 4 is 49.3 Å². The molecule has 6 atom stereocenters. The van der Waals surface area contributed by atoms with E-state index in [1.807, 2.05) is 0 Å². The topological polar surface area (TPSA) is 143 Å². The van der Waals surface area contributed by atoms with E-state index in [1.165, 1.54) is 36.8 Å². The molecule has 0 radical (unpaired) electrons. The fourth-order valence-electron chi connectivity index (χ4n) is 5.40. The summed E-state index contributed by atoms with van der Waals surface area (Å²) in [5.74, 6) is -2.41. The van der Waals surface area contributed by atoms with Gasteiger partial charge in [-0.3, -0.25) is 0 Å². The van der Waals surface area contributed by atoms with Gasteiger partial charge in [-0.25, -0.2) is 28.4 Å². The van der Waals surface area contributed by atoms with Gasteiger partial charge in [0.05, 0.1) is 33.6 Å². The van der Waals surface area contributed by atoms with Gasteiger partial charge in [-0.2, -0.15) is 18.3 Å². The molecule has 4 aromatic rings. The summed E-state index contributed by atoms with van der Waals surface area (Å²) >= 11 is 4.29. The molecule has 4 heterocycles. The molecule has 2 aliphatic rings. The Morgan fingerprint density at radius 3 is 2.70 bits per heavy atom. The van der Waals surface area contributed by atoms with E-state index in [2.05, 4.69) is 36.0 Å². The second kappa shape index (κ2) is 11.5. The van der Waals surface area contributed by atoms with Gasteiger partial charge in [0.15, 0.2) is 42.0 Å². The minimum Gasteiger partial charge on any atom is -0.404 e. The summed E-state index contributed by atoms with van der Waals surface area (Å²) < 4.78 is 85.0. The van der Waals surface area contributed by atoms with Gasteiger partial charge < -0.3 is 25.4 Å². The molecule has 0 aliphatic carbocycles. The predicted molar refractivity (Wildman–Crippen MR) is 151 cm³/mol. The zero-order chi connectivity index (χ0) is 31.5. The summed E-state index contributed by atoms with van der Waals surface area (Å²) in [4.78, 5) is 11.0. The van der Waals surface area contributed by atoms with Crippen LogP contribution in [0.25, 0.3) is 21.5 Å². The van der Waals surface area contributed by atoms with Crippen LogP contribution in [0.2, 0.25) is 0 Å². The van der Waals surface area contributed by atoms with Gasteiger partial charge in [-0.15, -0.1) is 11.3 Å². The Labute approximate surface area is 257 Å². The number of aliphatic hydroxyl groups is 2. The molecule has 10 nitrogen and oxygen atoms in total. The highest BCUT2D eigenvalue weighted by atomic mass is 79.9. The van der Waals surface area contributed by atoms with Gasteiger partial charge in [-0.05, 0) is 31.2 Å². The maximum atomic E-state index is 15.0. The van der Waals surface area contributed by atoms with Gasteiger partial charge in [0.25, 0.3) is 0 Å². The average molecular weight is 702 g/mol. The number of alkyl halides is 3. The van der Waals surface area contributed by atoms with Crippen molar-refractivity contribution < 1.29 is 46.6 Å². The Morgan fingerprint density at radius 2 is 1.98 bits per heavy atom. The van der Waals surface area contributed by atoms with Crippen molar-refractivity contribution in [2.75, 3.05) is 6.61 Å². The van der Waals surface area contributed by atoms with E-state index in [0.717, 1.165) is 28.3 Å². The van der Waals surface area contributed by atoms with E-state index < -0.39 is 59.9 Å². The van der Waals surface area contributed by atoms with Crippen LogP contribution in [0.5, 0.6) is 0 Å². The van der Waals surface area contributed by atoms with Crippen LogP contribution in [0, 0.1) is 18.6 Å². The number of aryl methyl sites for hydroxylation is 1. The molecule has 44 heavy (non-hydrogen) atoms. The van der Waals surface area contributed by atoms with E-state index in [1.54, 1.807) is 0 Å². The monoisotopic (exact) mass is 701 g/mol. The minimum atomic E-state index is -4.75. The molecular formula is C27H23BrF5N6O4S+. The number of nitrogens with one attached hydrogen (secondary N) is 1. The number of nitrogens with two attached hydrogens (primary N) is 1. The van der Waals surface area contributed by atoms with Crippen molar-refractivity contribution in [2.45, 2.75) is 49.7 Å². The number of allylic oxidation sites excluding steroid dienone is 1. The number of aromatic nitrogens is 4. The lowest BCUT2D eigenvalue weighted by atomic mass is 9.91. The molecule has 0 bridgehead atoms. The molecule has 5 N–H and O–H groups in total. The summed E-state index contributed by atoms with van der Waals surface area (Å²) in [6.07, 6.45) is -8.58. The van der Waals surface area contributed by atoms with Crippen LogP contribution < -0.4 is 10.7 Å². The molecule has 2 aromatic carbocycles. The van der Waals surface area contributed by atoms with Crippen molar-refractivity contribution in [2.24, 2.45) is 5.73 Å². The van der Waals surface area contributed by atoms with Gasteiger partial charge >= 0.3 is 6.18 Å². The minimum absolute atomic E-state index is 0.0185. The Morgan fingerprint density at radius 1 is 1.20 bits per heavy atom. The van der Waals surface area contributed by atoms with Crippen molar-refractivity contribution in [3.8, 4) is 5.69 Å². The molecule has 4 unspecified atom stereocenters. The SMILES string of the molecule is Cc1nc([C@@H]2OC3C(O)CO[C@@H]3C([NH+]=C/C(=C\N)c3cc4scnc4c(F)c3F)C2O)n(-c2cc(Br)ccc2C(F)(F)F)n1. The van der Waals surface area contributed by atoms with E-state index in [-0.39, 0.29) is 40.6 Å². The number of ether oxygens (including phenoxy) is 2. The zero-order valence-corrected chi connectivity index (χ0v) is 24.9. The second-order valence-electron chi connectivity index (χ2n) is 10.2. The van der Waals surface area contributed by atoms with Gasteiger partial charge in [0, 0.05) is 16.2 Å². The highest BCUT2D eigenvalue weighted by Gasteiger charge is 2.56. The number of benzene rings is 2. The van der Waals surface area contributed by atoms with Gasteiger partial charge in [-0.1, -0.05) is 15.9 Å². The van der Waals surface area contributed by atoms with E-state index in [4.69, 9.17) is 15.2 Å². The first-order valence-electron chi connectivity index (χ1n) is 13.1. The summed E-state index contributed by atoms with van der Waals surface area (Å²) in [7, 11) is 0. The molecule has 0 amide bonds. The Bertz CT molecular complexity index is 1800. The number of thiazole rings is 1. The third kappa shape index (κ3) is 5.30. The molecule has 2 aromatic heterocycles. The lowest BCUT2D eigenvalue weighted by Gasteiger charge is -2.37. The average Bonchev–Trinajstić information content (AvgIpc) is 3.70. The van der Waals surface area contributed by atoms with Crippen LogP contribution >= 0.6 is 27.3 Å². The quantitative estimate of drug-likeness (QED) is 0.184. The smallest absolute Gasteiger partial charge is 0.404 e. The standard InChI is InChI=1S/C27H22BrF5N6O4S/c1-10-37-26(39(38-10)15-4-12(28)2-3-14(15)27(31,32)33)25-22(41)21(24-23(43-25)16(40)8-42-24)35-7-11(6-34)13-5-17-20(36-9-44-17)19(30)18(13)29/h2-7,9,16,21-25,40-41H,8,34H2,1H3/p+1/b11-6+,35-7?/t16?,21?,22?,23?,24-,25-/m1/s1. The number of hydrogen-bond donors (Lipinski definition) is 4. The first kappa shape index (κ1) is 30.7. The highest BCUT2D eigenvalue weighted by molar-refractivity contribution is 9.10. The third-order valence-electron chi connectivity index (χ3n) is 7.41. The van der Waals surface area contributed by atoms with E-state index in [9.17, 15) is 27.8 Å². The molecule has 6 rings (SSSR count).